The first-order valence-electron chi connectivity index (χ1n) is 11.6. The van der Waals surface area contributed by atoms with Crippen molar-refractivity contribution in [1.82, 2.24) is 20.1 Å². The van der Waals surface area contributed by atoms with Crippen LogP contribution >= 0.6 is 0 Å². The number of carbonyl (C=O) groups excluding carboxylic acids is 2. The molecule has 9 nitrogen and oxygen atoms in total. The van der Waals surface area contributed by atoms with Gasteiger partial charge in [0.05, 0.1) is 39.4 Å². The number of methoxy groups -OCH3 is 2. The van der Waals surface area contributed by atoms with Gasteiger partial charge < -0.3 is 24.4 Å². The van der Waals surface area contributed by atoms with Crippen LogP contribution in [0.1, 0.15) is 39.9 Å². The number of benzene rings is 1. The maximum Gasteiger partial charge on any atom is 0.254 e. The van der Waals surface area contributed by atoms with E-state index >= 15 is 0 Å². The van der Waals surface area contributed by atoms with Gasteiger partial charge in [-0.1, -0.05) is 6.07 Å². The summed E-state index contributed by atoms with van der Waals surface area (Å²) < 4.78 is 16.3. The molecule has 2 aliphatic rings. The van der Waals surface area contributed by atoms with Gasteiger partial charge in [-0.2, -0.15) is 0 Å². The Labute approximate surface area is 200 Å². The largest absolute Gasteiger partial charge is 0.493 e. The van der Waals surface area contributed by atoms with Gasteiger partial charge in [0.25, 0.3) is 5.91 Å². The number of carbonyl (C=O) groups is 2. The van der Waals surface area contributed by atoms with E-state index in [9.17, 15) is 9.59 Å². The molecule has 0 spiro atoms. The first-order chi connectivity index (χ1) is 16.5. The molecule has 1 aromatic heterocycles. The monoisotopic (exact) mass is 468 g/mol. The molecule has 0 aliphatic carbocycles. The van der Waals surface area contributed by atoms with Crippen molar-refractivity contribution in [3.05, 3.63) is 53.3 Å². The summed E-state index contributed by atoms with van der Waals surface area (Å²) in [6.07, 6.45) is 4.22. The van der Waals surface area contributed by atoms with Gasteiger partial charge in [-0.15, -0.1) is 0 Å². The maximum atomic E-state index is 13.6. The lowest BCUT2D eigenvalue weighted by molar-refractivity contribution is -0.124. The fourth-order valence-electron chi connectivity index (χ4n) is 4.75. The molecule has 1 N–H and O–H groups in total. The topological polar surface area (TPSA) is 93.2 Å². The van der Waals surface area contributed by atoms with Crippen molar-refractivity contribution >= 4 is 11.8 Å². The molecule has 2 aromatic rings. The lowest BCUT2D eigenvalue weighted by Crippen LogP contribution is -2.46. The third-order valence-corrected chi connectivity index (χ3v) is 6.54. The molecule has 2 atom stereocenters. The predicted molar refractivity (Wildman–Crippen MR) is 126 cm³/mol. The van der Waals surface area contributed by atoms with Crippen LogP contribution in [0.15, 0.2) is 36.7 Å². The van der Waals surface area contributed by atoms with E-state index in [-0.39, 0.29) is 11.8 Å². The Bertz CT molecular complexity index is 1010. The average molecular weight is 469 g/mol. The Morgan fingerprint density at radius 2 is 1.94 bits per heavy atom. The molecule has 0 radical (unpaired) electrons. The molecule has 34 heavy (non-hydrogen) atoms. The van der Waals surface area contributed by atoms with Crippen molar-refractivity contribution in [3.63, 3.8) is 0 Å². The number of fused-ring (bicyclic) bond motifs is 1. The second-order valence-corrected chi connectivity index (χ2v) is 8.52. The van der Waals surface area contributed by atoms with E-state index < -0.39 is 12.0 Å². The first kappa shape index (κ1) is 24.0. The molecule has 4 rings (SSSR count). The summed E-state index contributed by atoms with van der Waals surface area (Å²) in [5.41, 5.74) is 1.86. The van der Waals surface area contributed by atoms with Crippen LogP contribution in [0.3, 0.4) is 0 Å². The molecule has 2 aliphatic heterocycles. The van der Waals surface area contributed by atoms with E-state index in [1.165, 1.54) is 7.11 Å². The van der Waals surface area contributed by atoms with Crippen molar-refractivity contribution in [2.24, 2.45) is 0 Å². The molecule has 1 saturated heterocycles. The normalized spacial score (nSPS) is 20.6. The van der Waals surface area contributed by atoms with Crippen molar-refractivity contribution in [2.45, 2.75) is 18.4 Å². The van der Waals surface area contributed by atoms with Crippen molar-refractivity contribution < 1.29 is 23.8 Å². The van der Waals surface area contributed by atoms with Gasteiger partial charge in [0.1, 0.15) is 0 Å². The minimum atomic E-state index is -0.620. The molecular weight excluding hydrogens is 436 g/mol. The Morgan fingerprint density at radius 3 is 2.62 bits per heavy atom. The Morgan fingerprint density at radius 1 is 1.21 bits per heavy atom. The van der Waals surface area contributed by atoms with E-state index in [0.29, 0.717) is 29.2 Å². The SMILES string of the molecule is COc1cc2c(cc1OC)C(C(=O)NCCCN1CCOCC1)C(c1cccnc1)N(C)C2=O. The second kappa shape index (κ2) is 10.8. The summed E-state index contributed by atoms with van der Waals surface area (Å²) in [4.78, 5) is 35.1. The molecule has 2 unspecified atom stereocenters. The molecule has 9 heteroatoms. The molecule has 0 bridgehead atoms. The quantitative estimate of drug-likeness (QED) is 0.591. The van der Waals surface area contributed by atoms with Crippen molar-refractivity contribution in [3.8, 4) is 11.5 Å². The van der Waals surface area contributed by atoms with E-state index in [2.05, 4.69) is 15.2 Å². The number of pyridine rings is 1. The number of likely N-dealkylation sites (N-methyl/N-ethyl adjacent to an activating group) is 1. The van der Waals surface area contributed by atoms with Crippen LogP contribution < -0.4 is 14.8 Å². The number of amides is 2. The van der Waals surface area contributed by atoms with Crippen molar-refractivity contribution in [1.29, 1.82) is 0 Å². The van der Waals surface area contributed by atoms with Crippen LogP contribution in [-0.4, -0.2) is 87.3 Å². The zero-order chi connectivity index (χ0) is 24.1. The Kier molecular flexibility index (Phi) is 7.64. The minimum Gasteiger partial charge on any atom is -0.493 e. The maximum absolute atomic E-state index is 13.6. The van der Waals surface area contributed by atoms with Crippen LogP contribution in [0.5, 0.6) is 11.5 Å². The van der Waals surface area contributed by atoms with Crippen LogP contribution in [0.2, 0.25) is 0 Å². The highest BCUT2D eigenvalue weighted by Crippen LogP contribution is 2.45. The highest BCUT2D eigenvalue weighted by molar-refractivity contribution is 6.02. The van der Waals surface area contributed by atoms with E-state index in [4.69, 9.17) is 14.2 Å². The molecule has 1 fully saturated rings. The molecule has 182 valence electrons. The molecule has 1 aromatic carbocycles. The lowest BCUT2D eigenvalue weighted by Gasteiger charge is -2.40. The third kappa shape index (κ3) is 4.85. The van der Waals surface area contributed by atoms with Gasteiger partial charge in [0.15, 0.2) is 11.5 Å². The number of morpholine rings is 1. The number of nitrogens with zero attached hydrogens (tertiary/aromatic N) is 3. The van der Waals surface area contributed by atoms with E-state index in [0.717, 1.165) is 44.8 Å². The Balaban J connectivity index is 1.62. The fraction of sp³-hybridized carbons (Fsp3) is 0.480. The van der Waals surface area contributed by atoms with Crippen LogP contribution in [0.25, 0.3) is 0 Å². The zero-order valence-electron chi connectivity index (χ0n) is 20.0. The molecule has 0 saturated carbocycles. The second-order valence-electron chi connectivity index (χ2n) is 8.52. The number of nitrogens with one attached hydrogen (secondary N) is 1. The summed E-state index contributed by atoms with van der Waals surface area (Å²) in [6.45, 7) is 4.80. The molecule has 3 heterocycles. The summed E-state index contributed by atoms with van der Waals surface area (Å²) in [5, 5.41) is 3.11. The predicted octanol–water partition coefficient (Wildman–Crippen LogP) is 1.85. The van der Waals surface area contributed by atoms with Crippen molar-refractivity contribution in [2.75, 3.05) is 60.7 Å². The number of rotatable bonds is 8. The van der Waals surface area contributed by atoms with Crippen LogP contribution in [-0.2, 0) is 9.53 Å². The summed E-state index contributed by atoms with van der Waals surface area (Å²) in [5.74, 6) is -0.00364. The summed E-state index contributed by atoms with van der Waals surface area (Å²) in [6, 6.07) is 6.62. The van der Waals surface area contributed by atoms with Crippen LogP contribution in [0, 0.1) is 0 Å². The number of ether oxygens (including phenoxy) is 3. The third-order valence-electron chi connectivity index (χ3n) is 6.54. The Hall–Kier alpha value is -3.17. The average Bonchev–Trinajstić information content (AvgIpc) is 2.88. The smallest absolute Gasteiger partial charge is 0.254 e. The number of aromatic nitrogens is 1. The highest BCUT2D eigenvalue weighted by atomic mass is 16.5. The minimum absolute atomic E-state index is 0.136. The number of hydrogen-bond donors (Lipinski definition) is 1. The standard InChI is InChI=1S/C25H32N4O5/c1-28-23(17-6-4-7-26-16-17)22(24(30)27-8-5-9-29-10-12-34-13-11-29)18-14-20(32-2)21(33-3)15-19(18)25(28)31/h4,6-7,14-16,22-23H,5,8-13H2,1-3H3,(H,27,30). The first-order valence-corrected chi connectivity index (χ1v) is 11.6. The highest BCUT2D eigenvalue weighted by Gasteiger charge is 2.43. The van der Waals surface area contributed by atoms with Gasteiger partial charge in [-0.25, -0.2) is 0 Å². The van der Waals surface area contributed by atoms with E-state index in [1.54, 1.807) is 43.6 Å². The molecule has 2 amide bonds. The fourth-order valence-corrected chi connectivity index (χ4v) is 4.75. The zero-order valence-corrected chi connectivity index (χ0v) is 20.0. The van der Waals surface area contributed by atoms with Crippen LogP contribution in [0.4, 0.5) is 0 Å². The van der Waals surface area contributed by atoms with Gasteiger partial charge in [-0.3, -0.25) is 19.5 Å². The van der Waals surface area contributed by atoms with Gasteiger partial charge in [0.2, 0.25) is 5.91 Å². The summed E-state index contributed by atoms with van der Waals surface area (Å²) >= 11 is 0. The number of hydrogen-bond acceptors (Lipinski definition) is 7. The van der Waals surface area contributed by atoms with Gasteiger partial charge in [0, 0.05) is 44.6 Å². The van der Waals surface area contributed by atoms with Gasteiger partial charge in [-0.05, 0) is 42.3 Å². The van der Waals surface area contributed by atoms with E-state index in [1.807, 2.05) is 12.1 Å². The van der Waals surface area contributed by atoms with Gasteiger partial charge >= 0.3 is 0 Å². The molecular formula is C25H32N4O5. The lowest BCUT2D eigenvalue weighted by atomic mass is 9.79. The summed E-state index contributed by atoms with van der Waals surface area (Å²) in [7, 11) is 4.79.